The minimum atomic E-state index is -0.250. The van der Waals surface area contributed by atoms with Gasteiger partial charge in [-0.2, -0.15) is 0 Å². The molecular weight excluding hydrogens is 412 g/mol. The lowest BCUT2D eigenvalue weighted by molar-refractivity contribution is -0.122. The summed E-state index contributed by atoms with van der Waals surface area (Å²) < 4.78 is 5.01. The van der Waals surface area contributed by atoms with Crippen LogP contribution in [0.1, 0.15) is 46.6 Å². The second kappa shape index (κ2) is 9.84. The van der Waals surface area contributed by atoms with Gasteiger partial charge in [-0.15, -0.1) is 0 Å². The summed E-state index contributed by atoms with van der Waals surface area (Å²) in [5, 5.41) is 10.5. The molecule has 3 aliphatic heterocycles. The van der Waals surface area contributed by atoms with Crippen molar-refractivity contribution in [2.24, 2.45) is 5.92 Å². The van der Waals surface area contributed by atoms with Crippen molar-refractivity contribution in [1.82, 2.24) is 15.0 Å². The van der Waals surface area contributed by atoms with E-state index in [0.717, 1.165) is 31.6 Å². The molecule has 2 aromatic rings. The zero-order valence-corrected chi connectivity index (χ0v) is 17.9. The number of amides is 2. The van der Waals surface area contributed by atoms with Gasteiger partial charge in [0.1, 0.15) is 0 Å². The fraction of sp³-hybridized carbons (Fsp3) is 0.478. The number of carboxylic acid groups (broad SMARTS) is 1. The third-order valence-corrected chi connectivity index (χ3v) is 6.58. The Kier molecular flexibility index (Phi) is 6.72. The standard InChI is InChI=1S/C22H26N4O3.CH2O2/c27-21(16-4-6-18(7-5-16)24-11-2-1-3-12-24)26-13-9-17-14-25(15-19(17)26)22(28)20-8-10-23-29-20;2-1-3/h4-8,10,17,19H,1-3,9,11-15H2;1H,(H,2,3)/t17-,19+;/m0./s1. The maximum absolute atomic E-state index is 13.2. The number of carbonyl (C=O) groups is 3. The van der Waals surface area contributed by atoms with Crippen molar-refractivity contribution >= 4 is 24.0 Å². The van der Waals surface area contributed by atoms with E-state index >= 15 is 0 Å². The van der Waals surface area contributed by atoms with E-state index in [9.17, 15) is 9.59 Å². The number of rotatable bonds is 3. The average molecular weight is 441 g/mol. The Bertz CT molecular complexity index is 924. The number of fused-ring (bicyclic) bond motifs is 1. The van der Waals surface area contributed by atoms with Crippen molar-refractivity contribution < 1.29 is 24.0 Å². The maximum Gasteiger partial charge on any atom is 0.292 e. The number of nitrogens with zero attached hydrogens (tertiary/aromatic N) is 4. The molecule has 5 rings (SSSR count). The van der Waals surface area contributed by atoms with Crippen LogP contribution in [-0.2, 0) is 4.79 Å². The van der Waals surface area contributed by atoms with Crippen molar-refractivity contribution in [3.63, 3.8) is 0 Å². The van der Waals surface area contributed by atoms with Crippen LogP contribution in [-0.4, -0.2) is 77.1 Å². The Morgan fingerprint density at radius 1 is 1.00 bits per heavy atom. The lowest BCUT2D eigenvalue weighted by atomic mass is 10.0. The van der Waals surface area contributed by atoms with Crippen LogP contribution in [0.3, 0.4) is 0 Å². The molecule has 2 atom stereocenters. The second-order valence-electron chi connectivity index (χ2n) is 8.40. The molecule has 1 aromatic heterocycles. The van der Waals surface area contributed by atoms with Crippen molar-refractivity contribution in [2.45, 2.75) is 31.7 Å². The van der Waals surface area contributed by atoms with Gasteiger partial charge in [0.2, 0.25) is 5.76 Å². The molecule has 0 unspecified atom stereocenters. The molecule has 1 aromatic carbocycles. The van der Waals surface area contributed by atoms with Crippen molar-refractivity contribution in [3.8, 4) is 0 Å². The molecule has 3 aliphatic rings. The topological polar surface area (TPSA) is 107 Å². The highest BCUT2D eigenvalue weighted by Crippen LogP contribution is 2.33. The largest absolute Gasteiger partial charge is 0.483 e. The zero-order chi connectivity index (χ0) is 22.5. The van der Waals surface area contributed by atoms with Gasteiger partial charge < -0.3 is 24.3 Å². The number of likely N-dealkylation sites (tertiary alicyclic amines) is 2. The first-order valence-electron chi connectivity index (χ1n) is 11.1. The van der Waals surface area contributed by atoms with Crippen LogP contribution in [0.15, 0.2) is 41.1 Å². The molecule has 3 fully saturated rings. The average Bonchev–Trinajstić information content (AvgIpc) is 3.57. The Balaban J connectivity index is 0.000000775. The van der Waals surface area contributed by atoms with Crippen LogP contribution in [0.25, 0.3) is 0 Å². The van der Waals surface area contributed by atoms with E-state index in [-0.39, 0.29) is 30.1 Å². The van der Waals surface area contributed by atoms with Crippen molar-refractivity contribution in [3.05, 3.63) is 47.9 Å². The molecular formula is C23H28N4O5. The smallest absolute Gasteiger partial charge is 0.292 e. The van der Waals surface area contributed by atoms with Crippen molar-refractivity contribution in [2.75, 3.05) is 37.6 Å². The summed E-state index contributed by atoms with van der Waals surface area (Å²) in [5.74, 6) is 0.515. The van der Waals surface area contributed by atoms with Gasteiger partial charge in [-0.25, -0.2) is 0 Å². The molecule has 4 heterocycles. The summed E-state index contributed by atoms with van der Waals surface area (Å²) >= 11 is 0. The number of hydrogen-bond acceptors (Lipinski definition) is 6. The fourth-order valence-corrected chi connectivity index (χ4v) is 4.99. The van der Waals surface area contributed by atoms with Crippen LogP contribution >= 0.6 is 0 Å². The third-order valence-electron chi connectivity index (χ3n) is 6.58. The Morgan fingerprint density at radius 2 is 1.72 bits per heavy atom. The van der Waals surface area contributed by atoms with Crippen LogP contribution in [0.4, 0.5) is 5.69 Å². The van der Waals surface area contributed by atoms with Gasteiger partial charge in [0.25, 0.3) is 18.3 Å². The molecule has 32 heavy (non-hydrogen) atoms. The highest BCUT2D eigenvalue weighted by molar-refractivity contribution is 5.95. The number of anilines is 1. The van der Waals surface area contributed by atoms with E-state index in [2.05, 4.69) is 22.2 Å². The number of hydrogen-bond donors (Lipinski definition) is 1. The SMILES string of the molecule is O=C(c1ccno1)N1C[C@@H]2CCN(C(=O)c3ccc(N4CCCCC4)cc3)[C@@H]2C1.O=CO. The highest BCUT2D eigenvalue weighted by atomic mass is 16.5. The summed E-state index contributed by atoms with van der Waals surface area (Å²) in [5.41, 5.74) is 1.93. The lowest BCUT2D eigenvalue weighted by Gasteiger charge is -2.29. The Hall–Kier alpha value is -3.36. The minimum Gasteiger partial charge on any atom is -0.483 e. The molecule has 0 bridgehead atoms. The van der Waals surface area contributed by atoms with Gasteiger partial charge in [0, 0.05) is 56.0 Å². The van der Waals surface area contributed by atoms with E-state index in [0.29, 0.717) is 19.0 Å². The van der Waals surface area contributed by atoms with Gasteiger partial charge in [0.15, 0.2) is 0 Å². The first kappa shape index (κ1) is 21.9. The molecule has 0 saturated carbocycles. The highest BCUT2D eigenvalue weighted by Gasteiger charge is 2.45. The van der Waals surface area contributed by atoms with E-state index in [1.807, 2.05) is 17.0 Å². The predicted molar refractivity (Wildman–Crippen MR) is 117 cm³/mol. The molecule has 9 nitrogen and oxygen atoms in total. The predicted octanol–water partition coefficient (Wildman–Crippen LogP) is 2.35. The molecule has 170 valence electrons. The molecule has 2 amide bonds. The fourth-order valence-electron chi connectivity index (χ4n) is 4.99. The van der Waals surface area contributed by atoms with E-state index in [4.69, 9.17) is 14.4 Å². The normalized spacial score (nSPS) is 22.2. The first-order valence-corrected chi connectivity index (χ1v) is 11.1. The molecule has 1 N–H and O–H groups in total. The third kappa shape index (κ3) is 4.46. The van der Waals surface area contributed by atoms with Crippen molar-refractivity contribution in [1.29, 1.82) is 0 Å². The molecule has 0 spiro atoms. The Morgan fingerprint density at radius 3 is 2.38 bits per heavy atom. The number of carbonyl (C=O) groups excluding carboxylic acids is 2. The van der Waals surface area contributed by atoms with Crippen LogP contribution in [0.2, 0.25) is 0 Å². The summed E-state index contributed by atoms with van der Waals surface area (Å²) in [4.78, 5) is 40.2. The van der Waals surface area contributed by atoms with E-state index in [1.54, 1.807) is 11.0 Å². The maximum atomic E-state index is 13.2. The minimum absolute atomic E-state index is 0.0664. The summed E-state index contributed by atoms with van der Waals surface area (Å²) in [6.45, 7) is 3.92. The van der Waals surface area contributed by atoms with Gasteiger partial charge >= 0.3 is 0 Å². The number of piperidine rings is 1. The van der Waals surface area contributed by atoms with Crippen LogP contribution < -0.4 is 4.90 Å². The van der Waals surface area contributed by atoms with Gasteiger partial charge in [-0.05, 0) is 49.9 Å². The van der Waals surface area contributed by atoms with E-state index in [1.165, 1.54) is 31.1 Å². The molecule has 9 heteroatoms. The van der Waals surface area contributed by atoms with Gasteiger partial charge in [-0.1, -0.05) is 5.16 Å². The van der Waals surface area contributed by atoms with E-state index < -0.39 is 0 Å². The van der Waals surface area contributed by atoms with Gasteiger partial charge in [-0.3, -0.25) is 14.4 Å². The summed E-state index contributed by atoms with van der Waals surface area (Å²) in [7, 11) is 0. The molecule has 0 aliphatic carbocycles. The van der Waals surface area contributed by atoms with Crippen LogP contribution in [0, 0.1) is 5.92 Å². The monoisotopic (exact) mass is 440 g/mol. The number of aromatic nitrogens is 1. The Labute approximate surface area is 186 Å². The zero-order valence-electron chi connectivity index (χ0n) is 17.9. The molecule has 0 radical (unpaired) electrons. The lowest BCUT2D eigenvalue weighted by Crippen LogP contribution is -2.40. The second-order valence-corrected chi connectivity index (χ2v) is 8.40. The van der Waals surface area contributed by atoms with Crippen LogP contribution in [0.5, 0.6) is 0 Å². The van der Waals surface area contributed by atoms with Gasteiger partial charge in [0.05, 0.1) is 12.2 Å². The summed E-state index contributed by atoms with van der Waals surface area (Å²) in [6.07, 6.45) is 6.19. The molecule has 3 saturated heterocycles. The quantitative estimate of drug-likeness (QED) is 0.730. The number of benzene rings is 1. The first-order chi connectivity index (χ1) is 15.6. The summed E-state index contributed by atoms with van der Waals surface area (Å²) in [6, 6.07) is 9.71.